The van der Waals surface area contributed by atoms with E-state index in [2.05, 4.69) is 20.5 Å². The van der Waals surface area contributed by atoms with Crippen LogP contribution in [0.3, 0.4) is 0 Å². The Bertz CT molecular complexity index is 570. The van der Waals surface area contributed by atoms with E-state index in [9.17, 15) is 4.79 Å². The van der Waals surface area contributed by atoms with Crippen molar-refractivity contribution in [2.45, 2.75) is 6.92 Å². The van der Waals surface area contributed by atoms with Gasteiger partial charge in [0.2, 0.25) is 5.89 Å². The van der Waals surface area contributed by atoms with Crippen LogP contribution in [0.1, 0.15) is 16.2 Å². The van der Waals surface area contributed by atoms with Gasteiger partial charge in [0.25, 0.3) is 5.91 Å². The first-order valence-corrected chi connectivity index (χ1v) is 5.25. The monoisotopic (exact) mass is 272 g/mol. The second kappa shape index (κ2) is 4.68. The van der Waals surface area contributed by atoms with Gasteiger partial charge in [-0.25, -0.2) is 4.98 Å². The molecular weight excluding hydrogens is 267 g/mol. The highest BCUT2D eigenvalue weighted by Gasteiger charge is 2.14. The second-order valence-corrected chi connectivity index (χ2v) is 3.80. The third-order valence-corrected chi connectivity index (χ3v) is 2.30. The zero-order chi connectivity index (χ0) is 12.4. The van der Waals surface area contributed by atoms with Crippen molar-refractivity contribution in [3.63, 3.8) is 0 Å². The summed E-state index contributed by atoms with van der Waals surface area (Å²) in [4.78, 5) is 15.5. The fourth-order valence-electron chi connectivity index (χ4n) is 1.09. The molecule has 0 aromatic carbocycles. The van der Waals surface area contributed by atoms with Crippen LogP contribution in [0, 0.1) is 6.92 Å². The molecule has 0 aliphatic heterocycles. The van der Waals surface area contributed by atoms with Crippen LogP contribution in [0.25, 0.3) is 0 Å². The highest BCUT2D eigenvalue weighted by molar-refractivity contribution is 6.35. The summed E-state index contributed by atoms with van der Waals surface area (Å²) in [6, 6.07) is 2.91. The maximum Gasteiger partial charge on any atom is 0.322 e. The summed E-state index contributed by atoms with van der Waals surface area (Å²) in [7, 11) is 0. The zero-order valence-electron chi connectivity index (χ0n) is 8.57. The van der Waals surface area contributed by atoms with Crippen molar-refractivity contribution in [2.75, 3.05) is 5.32 Å². The largest absolute Gasteiger partial charge is 0.408 e. The third kappa shape index (κ3) is 2.72. The van der Waals surface area contributed by atoms with E-state index < -0.39 is 5.91 Å². The molecular formula is C9H6Cl2N4O2. The molecule has 17 heavy (non-hydrogen) atoms. The van der Waals surface area contributed by atoms with Crippen LogP contribution in [0.2, 0.25) is 10.3 Å². The summed E-state index contributed by atoms with van der Waals surface area (Å²) in [5.74, 6) is -0.150. The summed E-state index contributed by atoms with van der Waals surface area (Å²) >= 11 is 11.4. The van der Waals surface area contributed by atoms with Crippen molar-refractivity contribution in [2.24, 2.45) is 0 Å². The van der Waals surface area contributed by atoms with E-state index in [0.29, 0.717) is 5.89 Å². The molecule has 1 amide bonds. The van der Waals surface area contributed by atoms with Gasteiger partial charge in [0.1, 0.15) is 10.3 Å². The minimum Gasteiger partial charge on any atom is -0.408 e. The van der Waals surface area contributed by atoms with Crippen LogP contribution >= 0.6 is 23.2 Å². The normalized spacial score (nSPS) is 10.3. The lowest BCUT2D eigenvalue weighted by Crippen LogP contribution is -2.13. The number of carbonyl (C=O) groups is 1. The fraction of sp³-hybridized carbons (Fsp3) is 0.111. The van der Waals surface area contributed by atoms with Gasteiger partial charge in [-0.05, 0) is 12.1 Å². The second-order valence-electron chi connectivity index (χ2n) is 3.05. The molecule has 0 fully saturated rings. The van der Waals surface area contributed by atoms with E-state index in [0.717, 1.165) is 0 Å². The van der Waals surface area contributed by atoms with Crippen molar-refractivity contribution in [3.05, 3.63) is 33.9 Å². The maximum absolute atomic E-state index is 11.7. The summed E-state index contributed by atoms with van der Waals surface area (Å²) in [6.45, 7) is 1.61. The quantitative estimate of drug-likeness (QED) is 0.849. The van der Waals surface area contributed by atoms with Crippen LogP contribution in [0.15, 0.2) is 16.5 Å². The average molecular weight is 273 g/mol. The number of amides is 1. The van der Waals surface area contributed by atoms with Crippen molar-refractivity contribution in [1.29, 1.82) is 0 Å². The Hall–Kier alpha value is -1.66. The van der Waals surface area contributed by atoms with E-state index in [1.54, 1.807) is 6.92 Å². The van der Waals surface area contributed by atoms with Crippen molar-refractivity contribution in [1.82, 2.24) is 15.2 Å². The van der Waals surface area contributed by atoms with E-state index in [-0.39, 0.29) is 21.9 Å². The Labute approximate surface area is 106 Å². The summed E-state index contributed by atoms with van der Waals surface area (Å²) in [5, 5.41) is 9.80. The lowest BCUT2D eigenvalue weighted by atomic mass is 10.3. The fourth-order valence-corrected chi connectivity index (χ4v) is 1.52. The van der Waals surface area contributed by atoms with Crippen LogP contribution in [-0.4, -0.2) is 21.1 Å². The number of halogens is 2. The Morgan fingerprint density at radius 1 is 1.35 bits per heavy atom. The predicted molar refractivity (Wildman–Crippen MR) is 61.2 cm³/mol. The molecule has 6 nitrogen and oxygen atoms in total. The van der Waals surface area contributed by atoms with Gasteiger partial charge in [-0.3, -0.25) is 10.1 Å². The number of nitrogens with one attached hydrogen (secondary N) is 1. The third-order valence-electron chi connectivity index (χ3n) is 1.81. The average Bonchev–Trinajstić information content (AvgIpc) is 2.63. The first-order valence-electron chi connectivity index (χ1n) is 4.50. The number of anilines is 1. The summed E-state index contributed by atoms with van der Waals surface area (Å²) in [6.07, 6.45) is 0. The molecule has 1 N–H and O–H groups in total. The van der Waals surface area contributed by atoms with Gasteiger partial charge in [0, 0.05) is 6.92 Å². The number of hydrogen-bond acceptors (Lipinski definition) is 5. The molecule has 2 aromatic heterocycles. The molecule has 0 radical (unpaired) electrons. The SMILES string of the molecule is Cc1nnc(NC(=O)c2ccc(Cl)nc2Cl)o1. The Morgan fingerprint density at radius 2 is 2.12 bits per heavy atom. The minimum atomic E-state index is -0.497. The van der Waals surface area contributed by atoms with Gasteiger partial charge < -0.3 is 4.42 Å². The van der Waals surface area contributed by atoms with Crippen molar-refractivity contribution in [3.8, 4) is 0 Å². The molecule has 0 spiro atoms. The van der Waals surface area contributed by atoms with E-state index in [4.69, 9.17) is 27.6 Å². The highest BCUT2D eigenvalue weighted by atomic mass is 35.5. The number of nitrogens with zero attached hydrogens (tertiary/aromatic N) is 3. The lowest BCUT2D eigenvalue weighted by Gasteiger charge is -2.02. The molecule has 2 heterocycles. The molecule has 8 heteroatoms. The van der Waals surface area contributed by atoms with Gasteiger partial charge in [0.05, 0.1) is 5.56 Å². The summed E-state index contributed by atoms with van der Waals surface area (Å²) in [5.41, 5.74) is 0.173. The van der Waals surface area contributed by atoms with Gasteiger partial charge in [-0.1, -0.05) is 28.3 Å². The highest BCUT2D eigenvalue weighted by Crippen LogP contribution is 2.17. The Balaban J connectivity index is 2.20. The number of pyridine rings is 1. The van der Waals surface area contributed by atoms with Gasteiger partial charge in [-0.15, -0.1) is 5.10 Å². The lowest BCUT2D eigenvalue weighted by molar-refractivity contribution is 0.102. The van der Waals surface area contributed by atoms with Crippen molar-refractivity contribution >= 4 is 35.1 Å². The molecule has 0 unspecified atom stereocenters. The number of rotatable bonds is 2. The number of aryl methyl sites for hydroxylation is 1. The Kier molecular flexibility index (Phi) is 3.26. The van der Waals surface area contributed by atoms with E-state index in [1.165, 1.54) is 12.1 Å². The maximum atomic E-state index is 11.7. The van der Waals surface area contributed by atoms with Crippen LogP contribution < -0.4 is 5.32 Å². The topological polar surface area (TPSA) is 80.9 Å². The molecule has 0 aliphatic rings. The van der Waals surface area contributed by atoms with Crippen LogP contribution in [0.4, 0.5) is 6.01 Å². The molecule has 88 valence electrons. The molecule has 0 atom stereocenters. The van der Waals surface area contributed by atoms with Crippen LogP contribution in [0.5, 0.6) is 0 Å². The van der Waals surface area contributed by atoms with Gasteiger partial charge in [-0.2, -0.15) is 0 Å². The van der Waals surface area contributed by atoms with E-state index >= 15 is 0 Å². The number of carbonyl (C=O) groups excluding carboxylic acids is 1. The molecule has 0 saturated heterocycles. The van der Waals surface area contributed by atoms with E-state index in [1.807, 2.05) is 0 Å². The molecule has 0 saturated carbocycles. The smallest absolute Gasteiger partial charge is 0.322 e. The van der Waals surface area contributed by atoms with Crippen molar-refractivity contribution < 1.29 is 9.21 Å². The number of hydrogen-bond donors (Lipinski definition) is 1. The molecule has 2 aromatic rings. The molecule has 0 aliphatic carbocycles. The van der Waals surface area contributed by atoms with Gasteiger partial charge in [0.15, 0.2) is 0 Å². The first kappa shape index (κ1) is 11.8. The zero-order valence-corrected chi connectivity index (χ0v) is 10.1. The minimum absolute atomic E-state index is 0.00137. The first-order chi connectivity index (χ1) is 8.06. The standard InChI is InChI=1S/C9H6Cl2N4O2/c1-4-14-15-9(17-4)13-8(16)5-2-3-6(10)12-7(5)11/h2-3H,1H3,(H,13,15,16). The predicted octanol–water partition coefficient (Wildman–Crippen LogP) is 2.33. The Morgan fingerprint density at radius 3 is 2.71 bits per heavy atom. The number of aromatic nitrogens is 3. The summed E-state index contributed by atoms with van der Waals surface area (Å²) < 4.78 is 5.00. The molecule has 0 bridgehead atoms. The molecule has 2 rings (SSSR count). The van der Waals surface area contributed by atoms with Crippen LogP contribution in [-0.2, 0) is 0 Å². The van der Waals surface area contributed by atoms with Gasteiger partial charge >= 0.3 is 6.01 Å².